The standard InChI is InChI=1S/C10H17N5O/c1-7-12-8(5-9(13-7)15-11)14-10(2)3-4-16-6-10/h5H,3-4,6,11H2,1-2H3,(H2,12,13,14,15). The van der Waals surface area contributed by atoms with E-state index in [-0.39, 0.29) is 5.54 Å². The number of aryl methyl sites for hydroxylation is 1. The SMILES string of the molecule is Cc1nc(NN)cc(NC2(C)CCOC2)n1. The summed E-state index contributed by atoms with van der Waals surface area (Å²) < 4.78 is 5.37. The Bertz CT molecular complexity index is 375. The van der Waals surface area contributed by atoms with E-state index in [2.05, 4.69) is 27.6 Å². The number of nitrogens with zero attached hydrogens (tertiary/aromatic N) is 2. The lowest BCUT2D eigenvalue weighted by Crippen LogP contribution is -2.35. The molecule has 0 aromatic carbocycles. The molecule has 16 heavy (non-hydrogen) atoms. The van der Waals surface area contributed by atoms with Crippen LogP contribution < -0.4 is 16.6 Å². The van der Waals surface area contributed by atoms with Gasteiger partial charge in [-0.25, -0.2) is 15.8 Å². The van der Waals surface area contributed by atoms with Crippen LogP contribution in [-0.2, 0) is 4.74 Å². The highest BCUT2D eigenvalue weighted by Gasteiger charge is 2.29. The second kappa shape index (κ2) is 4.23. The molecule has 88 valence electrons. The van der Waals surface area contributed by atoms with E-state index < -0.39 is 0 Å². The fourth-order valence-corrected chi connectivity index (χ4v) is 1.78. The van der Waals surface area contributed by atoms with Crippen LogP contribution in [0, 0.1) is 6.92 Å². The number of nitrogens with two attached hydrogens (primary N) is 1. The Kier molecular flexibility index (Phi) is 2.93. The molecule has 1 aliphatic rings. The molecule has 0 amide bonds. The van der Waals surface area contributed by atoms with Gasteiger partial charge in [-0.15, -0.1) is 0 Å². The van der Waals surface area contributed by atoms with Crippen molar-refractivity contribution in [3.05, 3.63) is 11.9 Å². The van der Waals surface area contributed by atoms with E-state index in [0.29, 0.717) is 18.2 Å². The first-order valence-electron chi connectivity index (χ1n) is 5.29. The highest BCUT2D eigenvalue weighted by molar-refractivity contribution is 5.48. The largest absolute Gasteiger partial charge is 0.379 e. The van der Waals surface area contributed by atoms with E-state index in [1.165, 1.54) is 0 Å². The molecule has 2 heterocycles. The molecular weight excluding hydrogens is 206 g/mol. The Morgan fingerprint density at radius 3 is 2.81 bits per heavy atom. The number of aromatic nitrogens is 2. The summed E-state index contributed by atoms with van der Waals surface area (Å²) >= 11 is 0. The molecule has 2 rings (SSSR count). The van der Waals surface area contributed by atoms with Gasteiger partial charge in [0.25, 0.3) is 0 Å². The van der Waals surface area contributed by atoms with Gasteiger partial charge in [-0.05, 0) is 20.3 Å². The molecule has 1 atom stereocenters. The number of hydrazine groups is 1. The van der Waals surface area contributed by atoms with Crippen molar-refractivity contribution in [2.24, 2.45) is 5.84 Å². The third-order valence-corrected chi connectivity index (χ3v) is 2.63. The highest BCUT2D eigenvalue weighted by atomic mass is 16.5. The average Bonchev–Trinajstić information content (AvgIpc) is 2.63. The van der Waals surface area contributed by atoms with Crippen LogP contribution in [0.5, 0.6) is 0 Å². The molecule has 0 aliphatic carbocycles. The average molecular weight is 223 g/mol. The van der Waals surface area contributed by atoms with Crippen molar-refractivity contribution in [1.82, 2.24) is 9.97 Å². The number of ether oxygens (including phenoxy) is 1. The predicted octanol–water partition coefficient (Wildman–Crippen LogP) is 0.662. The van der Waals surface area contributed by atoms with Gasteiger partial charge in [-0.3, -0.25) is 0 Å². The monoisotopic (exact) mass is 223 g/mol. The summed E-state index contributed by atoms with van der Waals surface area (Å²) in [5.41, 5.74) is 2.47. The van der Waals surface area contributed by atoms with Crippen molar-refractivity contribution in [2.75, 3.05) is 24.0 Å². The third kappa shape index (κ3) is 2.40. The van der Waals surface area contributed by atoms with Crippen molar-refractivity contribution in [2.45, 2.75) is 25.8 Å². The quantitative estimate of drug-likeness (QED) is 0.515. The van der Waals surface area contributed by atoms with Crippen LogP contribution in [0.3, 0.4) is 0 Å². The van der Waals surface area contributed by atoms with Crippen molar-refractivity contribution in [3.8, 4) is 0 Å². The fraction of sp³-hybridized carbons (Fsp3) is 0.600. The first-order valence-corrected chi connectivity index (χ1v) is 5.29. The Morgan fingerprint density at radius 2 is 2.19 bits per heavy atom. The van der Waals surface area contributed by atoms with E-state index in [4.69, 9.17) is 10.6 Å². The topological polar surface area (TPSA) is 85.1 Å². The fourth-order valence-electron chi connectivity index (χ4n) is 1.78. The summed E-state index contributed by atoms with van der Waals surface area (Å²) in [6, 6.07) is 1.79. The molecular formula is C10H17N5O. The minimum absolute atomic E-state index is 0.0489. The maximum atomic E-state index is 5.37. The minimum Gasteiger partial charge on any atom is -0.379 e. The number of hydrogen-bond donors (Lipinski definition) is 3. The maximum absolute atomic E-state index is 5.37. The van der Waals surface area contributed by atoms with E-state index >= 15 is 0 Å². The lowest BCUT2D eigenvalue weighted by atomic mass is 10.0. The van der Waals surface area contributed by atoms with E-state index in [9.17, 15) is 0 Å². The molecule has 6 heteroatoms. The minimum atomic E-state index is -0.0489. The molecule has 1 unspecified atom stereocenters. The zero-order chi connectivity index (χ0) is 11.6. The summed E-state index contributed by atoms with van der Waals surface area (Å²) in [6.45, 7) is 5.43. The molecule has 1 fully saturated rings. The van der Waals surface area contributed by atoms with Crippen LogP contribution in [0.1, 0.15) is 19.2 Å². The first-order chi connectivity index (χ1) is 7.61. The van der Waals surface area contributed by atoms with Gasteiger partial charge in [-0.1, -0.05) is 0 Å². The summed E-state index contributed by atoms with van der Waals surface area (Å²) in [6.07, 6.45) is 0.974. The van der Waals surface area contributed by atoms with Crippen LogP contribution in [0.4, 0.5) is 11.6 Å². The Hall–Kier alpha value is -1.40. The van der Waals surface area contributed by atoms with Crippen LogP contribution in [0.2, 0.25) is 0 Å². The number of hydrogen-bond acceptors (Lipinski definition) is 6. The van der Waals surface area contributed by atoms with Crippen LogP contribution in [0.15, 0.2) is 6.07 Å². The summed E-state index contributed by atoms with van der Waals surface area (Å²) in [5.74, 6) is 7.40. The smallest absolute Gasteiger partial charge is 0.145 e. The van der Waals surface area contributed by atoms with Crippen LogP contribution >= 0.6 is 0 Å². The van der Waals surface area contributed by atoms with Crippen LogP contribution in [0.25, 0.3) is 0 Å². The van der Waals surface area contributed by atoms with Crippen molar-refractivity contribution < 1.29 is 4.74 Å². The second-order valence-electron chi connectivity index (χ2n) is 4.32. The molecule has 0 spiro atoms. The lowest BCUT2D eigenvalue weighted by molar-refractivity contribution is 0.185. The van der Waals surface area contributed by atoms with Crippen molar-refractivity contribution in [3.63, 3.8) is 0 Å². The number of nitrogen functional groups attached to an aromatic ring is 1. The molecule has 1 aliphatic heterocycles. The number of nitrogens with one attached hydrogen (secondary N) is 2. The third-order valence-electron chi connectivity index (χ3n) is 2.63. The summed E-state index contributed by atoms with van der Waals surface area (Å²) in [7, 11) is 0. The van der Waals surface area contributed by atoms with E-state index in [1.54, 1.807) is 6.07 Å². The zero-order valence-corrected chi connectivity index (χ0v) is 9.58. The number of anilines is 2. The van der Waals surface area contributed by atoms with Gasteiger partial charge in [0, 0.05) is 12.7 Å². The molecule has 1 aromatic heterocycles. The molecule has 6 nitrogen and oxygen atoms in total. The summed E-state index contributed by atoms with van der Waals surface area (Å²) in [4.78, 5) is 8.45. The lowest BCUT2D eigenvalue weighted by Gasteiger charge is -2.24. The summed E-state index contributed by atoms with van der Waals surface area (Å²) in [5, 5.41) is 3.36. The molecule has 1 aromatic rings. The normalized spacial score (nSPS) is 24.4. The first kappa shape index (κ1) is 11.1. The van der Waals surface area contributed by atoms with Gasteiger partial charge in [-0.2, -0.15) is 0 Å². The zero-order valence-electron chi connectivity index (χ0n) is 9.58. The van der Waals surface area contributed by atoms with Crippen LogP contribution in [-0.4, -0.2) is 28.7 Å². The second-order valence-corrected chi connectivity index (χ2v) is 4.32. The van der Waals surface area contributed by atoms with Gasteiger partial charge in [0.15, 0.2) is 0 Å². The van der Waals surface area contributed by atoms with Gasteiger partial charge in [0.2, 0.25) is 0 Å². The highest BCUT2D eigenvalue weighted by Crippen LogP contribution is 2.23. The number of rotatable bonds is 3. The van der Waals surface area contributed by atoms with Gasteiger partial charge < -0.3 is 15.5 Å². The maximum Gasteiger partial charge on any atom is 0.145 e. The van der Waals surface area contributed by atoms with Gasteiger partial charge in [0.1, 0.15) is 17.5 Å². The molecule has 0 saturated carbocycles. The molecule has 0 bridgehead atoms. The van der Waals surface area contributed by atoms with Crippen molar-refractivity contribution in [1.29, 1.82) is 0 Å². The molecule has 4 N–H and O–H groups in total. The van der Waals surface area contributed by atoms with Crippen molar-refractivity contribution >= 4 is 11.6 Å². The Morgan fingerprint density at radius 1 is 1.44 bits per heavy atom. The van der Waals surface area contributed by atoms with E-state index in [1.807, 2.05) is 6.92 Å². The predicted molar refractivity (Wildman–Crippen MR) is 62.0 cm³/mol. The van der Waals surface area contributed by atoms with E-state index in [0.717, 1.165) is 18.8 Å². The van der Waals surface area contributed by atoms with Gasteiger partial charge in [0.05, 0.1) is 12.1 Å². The molecule has 0 radical (unpaired) electrons. The molecule has 1 saturated heterocycles. The Balaban J connectivity index is 2.17. The van der Waals surface area contributed by atoms with Gasteiger partial charge >= 0.3 is 0 Å². The Labute approximate surface area is 94.6 Å².